The fourth-order valence-electron chi connectivity index (χ4n) is 2.96. The van der Waals surface area contributed by atoms with Gasteiger partial charge in [-0.05, 0) is 36.4 Å². The summed E-state index contributed by atoms with van der Waals surface area (Å²) in [7, 11) is 0. The maximum Gasteiger partial charge on any atom is 0.265 e. The highest BCUT2D eigenvalue weighted by molar-refractivity contribution is 7.12. The zero-order valence-corrected chi connectivity index (χ0v) is 14.0. The molecule has 2 atom stereocenters. The van der Waals surface area contributed by atoms with Crippen LogP contribution in [-0.2, 0) is 0 Å². The van der Waals surface area contributed by atoms with Crippen LogP contribution < -0.4 is 10.6 Å². The van der Waals surface area contributed by atoms with E-state index in [4.69, 9.17) is 0 Å². The van der Waals surface area contributed by atoms with Crippen LogP contribution in [0.3, 0.4) is 0 Å². The summed E-state index contributed by atoms with van der Waals surface area (Å²) >= 11 is 1.35. The molecule has 1 aromatic heterocycles. The minimum atomic E-state index is -0.334. The Kier molecular flexibility index (Phi) is 5.27. The standard InChI is InChI=1S/C18H20N2O3S/c21-15-8-3-5-12(15)11-19-17(22)13-6-1-2-7-14(13)20-18(23)16-9-4-10-24-16/h1-2,4,6-7,9-10,12,15,21H,3,5,8,11H2,(H,19,22)(H,20,23). The van der Waals surface area contributed by atoms with Crippen LogP contribution in [-0.4, -0.2) is 29.6 Å². The third kappa shape index (κ3) is 3.83. The molecule has 2 amide bonds. The highest BCUT2D eigenvalue weighted by Gasteiger charge is 2.25. The number of aliphatic hydroxyl groups is 1. The summed E-state index contributed by atoms with van der Waals surface area (Å²) in [5.41, 5.74) is 0.912. The zero-order valence-electron chi connectivity index (χ0n) is 13.2. The van der Waals surface area contributed by atoms with Gasteiger partial charge in [0.15, 0.2) is 0 Å². The van der Waals surface area contributed by atoms with E-state index >= 15 is 0 Å². The van der Waals surface area contributed by atoms with Crippen molar-refractivity contribution in [3.63, 3.8) is 0 Å². The Bertz CT molecular complexity index is 715. The van der Waals surface area contributed by atoms with Crippen molar-refractivity contribution in [1.29, 1.82) is 0 Å². The number of aliphatic hydroxyl groups excluding tert-OH is 1. The van der Waals surface area contributed by atoms with Gasteiger partial charge in [-0.1, -0.05) is 24.6 Å². The molecular weight excluding hydrogens is 324 g/mol. The first kappa shape index (κ1) is 16.7. The van der Waals surface area contributed by atoms with Crippen molar-refractivity contribution in [2.75, 3.05) is 11.9 Å². The normalized spacial score (nSPS) is 19.9. The van der Waals surface area contributed by atoms with Crippen LogP contribution in [0.15, 0.2) is 41.8 Å². The van der Waals surface area contributed by atoms with Crippen molar-refractivity contribution in [3.05, 3.63) is 52.2 Å². The number of anilines is 1. The van der Waals surface area contributed by atoms with Crippen molar-refractivity contribution in [1.82, 2.24) is 5.32 Å². The molecule has 0 aliphatic heterocycles. The lowest BCUT2D eigenvalue weighted by molar-refractivity contribution is 0.0917. The largest absolute Gasteiger partial charge is 0.393 e. The van der Waals surface area contributed by atoms with Gasteiger partial charge in [-0.15, -0.1) is 11.3 Å². The van der Waals surface area contributed by atoms with Gasteiger partial charge in [0, 0.05) is 12.5 Å². The summed E-state index contributed by atoms with van der Waals surface area (Å²) in [6, 6.07) is 10.5. The molecule has 2 aromatic rings. The molecule has 2 unspecified atom stereocenters. The van der Waals surface area contributed by atoms with Crippen LogP contribution in [0.25, 0.3) is 0 Å². The highest BCUT2D eigenvalue weighted by atomic mass is 32.1. The van der Waals surface area contributed by atoms with Gasteiger partial charge < -0.3 is 15.7 Å². The van der Waals surface area contributed by atoms with E-state index in [0.717, 1.165) is 19.3 Å². The number of para-hydroxylation sites is 1. The smallest absolute Gasteiger partial charge is 0.265 e. The monoisotopic (exact) mass is 344 g/mol. The molecule has 1 fully saturated rings. The molecule has 6 heteroatoms. The Morgan fingerprint density at radius 3 is 2.67 bits per heavy atom. The molecule has 5 nitrogen and oxygen atoms in total. The molecule has 1 aromatic carbocycles. The Morgan fingerprint density at radius 1 is 1.12 bits per heavy atom. The molecule has 3 N–H and O–H groups in total. The van der Waals surface area contributed by atoms with E-state index in [1.165, 1.54) is 11.3 Å². The van der Waals surface area contributed by atoms with Crippen molar-refractivity contribution < 1.29 is 14.7 Å². The minimum Gasteiger partial charge on any atom is -0.393 e. The predicted octanol–water partition coefficient (Wildman–Crippen LogP) is 2.89. The van der Waals surface area contributed by atoms with Gasteiger partial charge in [0.25, 0.3) is 11.8 Å². The van der Waals surface area contributed by atoms with Crippen LogP contribution in [0, 0.1) is 5.92 Å². The summed E-state index contributed by atoms with van der Waals surface area (Å²) in [5, 5.41) is 17.3. The minimum absolute atomic E-state index is 0.113. The Hall–Kier alpha value is -2.18. The molecule has 0 radical (unpaired) electrons. The molecule has 1 saturated carbocycles. The SMILES string of the molecule is O=C(Nc1ccccc1C(=O)NCC1CCCC1O)c1cccs1. The number of rotatable bonds is 5. The van der Waals surface area contributed by atoms with E-state index in [9.17, 15) is 14.7 Å². The average molecular weight is 344 g/mol. The van der Waals surface area contributed by atoms with Gasteiger partial charge in [0.2, 0.25) is 0 Å². The molecule has 1 aliphatic carbocycles. The van der Waals surface area contributed by atoms with Gasteiger partial charge in [-0.2, -0.15) is 0 Å². The van der Waals surface area contributed by atoms with Crippen molar-refractivity contribution >= 4 is 28.8 Å². The maximum atomic E-state index is 12.5. The van der Waals surface area contributed by atoms with Gasteiger partial charge in [0.05, 0.1) is 22.2 Å². The molecule has 0 bridgehead atoms. The van der Waals surface area contributed by atoms with Crippen LogP contribution in [0.5, 0.6) is 0 Å². The van der Waals surface area contributed by atoms with Crippen molar-refractivity contribution in [3.8, 4) is 0 Å². The summed E-state index contributed by atoms with van der Waals surface area (Å²) < 4.78 is 0. The van der Waals surface area contributed by atoms with Crippen molar-refractivity contribution in [2.45, 2.75) is 25.4 Å². The fourth-order valence-corrected chi connectivity index (χ4v) is 3.58. The summed E-state index contributed by atoms with van der Waals surface area (Å²) in [5.74, 6) is -0.352. The maximum absolute atomic E-state index is 12.5. The number of carbonyl (C=O) groups excluding carboxylic acids is 2. The van der Waals surface area contributed by atoms with Crippen LogP contribution in [0.2, 0.25) is 0 Å². The first-order chi connectivity index (χ1) is 11.6. The summed E-state index contributed by atoms with van der Waals surface area (Å²) in [6.07, 6.45) is 2.39. The Morgan fingerprint density at radius 2 is 1.96 bits per heavy atom. The van der Waals surface area contributed by atoms with Crippen LogP contribution in [0.4, 0.5) is 5.69 Å². The van der Waals surface area contributed by atoms with E-state index in [2.05, 4.69) is 10.6 Å². The van der Waals surface area contributed by atoms with E-state index < -0.39 is 0 Å². The number of amides is 2. The van der Waals surface area contributed by atoms with Crippen LogP contribution >= 0.6 is 11.3 Å². The molecule has 0 saturated heterocycles. The zero-order chi connectivity index (χ0) is 16.9. The molecule has 126 valence electrons. The number of benzene rings is 1. The second kappa shape index (κ2) is 7.59. The molecule has 1 heterocycles. The van der Waals surface area contributed by atoms with Crippen LogP contribution in [0.1, 0.15) is 39.3 Å². The van der Waals surface area contributed by atoms with Gasteiger partial charge in [0.1, 0.15) is 0 Å². The molecule has 3 rings (SSSR count). The number of carbonyl (C=O) groups is 2. The first-order valence-corrected chi connectivity index (χ1v) is 8.93. The van der Waals surface area contributed by atoms with Gasteiger partial charge >= 0.3 is 0 Å². The summed E-state index contributed by atoms with van der Waals surface area (Å²) in [6.45, 7) is 0.452. The lowest BCUT2D eigenvalue weighted by Crippen LogP contribution is -2.33. The molecule has 1 aliphatic rings. The lowest BCUT2D eigenvalue weighted by Gasteiger charge is -2.16. The number of nitrogens with one attached hydrogen (secondary N) is 2. The van der Waals surface area contributed by atoms with E-state index in [-0.39, 0.29) is 23.8 Å². The highest BCUT2D eigenvalue weighted by Crippen LogP contribution is 2.25. The van der Waals surface area contributed by atoms with E-state index in [0.29, 0.717) is 22.7 Å². The van der Waals surface area contributed by atoms with Gasteiger partial charge in [-0.3, -0.25) is 9.59 Å². The van der Waals surface area contributed by atoms with Crippen molar-refractivity contribution in [2.24, 2.45) is 5.92 Å². The first-order valence-electron chi connectivity index (χ1n) is 8.05. The molecule has 24 heavy (non-hydrogen) atoms. The van der Waals surface area contributed by atoms with E-state index in [1.807, 2.05) is 11.4 Å². The summed E-state index contributed by atoms with van der Waals surface area (Å²) in [4.78, 5) is 25.2. The average Bonchev–Trinajstić information content (AvgIpc) is 3.25. The van der Waals surface area contributed by atoms with E-state index in [1.54, 1.807) is 30.3 Å². The predicted molar refractivity (Wildman–Crippen MR) is 94.4 cm³/mol. The topological polar surface area (TPSA) is 78.4 Å². The fraction of sp³-hybridized carbons (Fsp3) is 0.333. The number of hydrogen-bond donors (Lipinski definition) is 3. The number of thiophene rings is 1. The second-order valence-corrected chi connectivity index (χ2v) is 6.89. The molecule has 0 spiro atoms. The number of hydrogen-bond acceptors (Lipinski definition) is 4. The third-order valence-electron chi connectivity index (χ3n) is 4.31. The Labute approximate surface area is 144 Å². The quantitative estimate of drug-likeness (QED) is 0.780. The second-order valence-electron chi connectivity index (χ2n) is 5.95. The third-order valence-corrected chi connectivity index (χ3v) is 5.18. The lowest BCUT2D eigenvalue weighted by atomic mass is 10.1. The van der Waals surface area contributed by atoms with Gasteiger partial charge in [-0.25, -0.2) is 0 Å². The molecular formula is C18H20N2O3S. The Balaban J connectivity index is 1.66.